The zero-order valence-corrected chi connectivity index (χ0v) is 16.4. The number of benzene rings is 2. The minimum Gasteiger partial charge on any atom is -0.484 e. The molecule has 0 spiro atoms. The minimum atomic E-state index is -4.36. The normalized spacial score (nSPS) is 15.4. The number of carbonyl (C=O) groups is 1. The zero-order chi connectivity index (χ0) is 21.2. The standard InChI is InChI=1S/C19H19F3N2O4S/c1-13-2-4-14(5-3-13)28-12-17(25)23-8-10-24(11-9-23)29(26,27)16-7-6-15(20)18(21)19(16)22/h2-7H,8-12H2,1H3. The number of sulfonamides is 1. The van der Waals surface area contributed by atoms with Crippen molar-refractivity contribution >= 4 is 15.9 Å². The van der Waals surface area contributed by atoms with E-state index in [1.807, 2.05) is 19.1 Å². The Bertz CT molecular complexity index is 1000. The Morgan fingerprint density at radius 1 is 0.966 bits per heavy atom. The van der Waals surface area contributed by atoms with Gasteiger partial charge in [0.1, 0.15) is 10.6 Å². The summed E-state index contributed by atoms with van der Waals surface area (Å²) in [4.78, 5) is 12.8. The summed E-state index contributed by atoms with van der Waals surface area (Å²) in [5.74, 6) is -4.84. The van der Waals surface area contributed by atoms with Crippen LogP contribution in [0.15, 0.2) is 41.3 Å². The van der Waals surface area contributed by atoms with Gasteiger partial charge in [0.05, 0.1) is 0 Å². The van der Waals surface area contributed by atoms with Crippen molar-refractivity contribution in [2.75, 3.05) is 32.8 Å². The number of aryl methyl sites for hydroxylation is 1. The van der Waals surface area contributed by atoms with Crippen LogP contribution in [0.4, 0.5) is 13.2 Å². The van der Waals surface area contributed by atoms with Crippen LogP contribution < -0.4 is 4.74 Å². The van der Waals surface area contributed by atoms with Gasteiger partial charge in [0, 0.05) is 26.2 Å². The third kappa shape index (κ3) is 4.54. The number of piperazine rings is 1. The Hall–Kier alpha value is -2.59. The third-order valence-electron chi connectivity index (χ3n) is 4.59. The quantitative estimate of drug-likeness (QED) is 0.686. The molecule has 0 unspecified atom stereocenters. The molecule has 0 aliphatic carbocycles. The molecule has 3 rings (SSSR count). The molecule has 0 aromatic heterocycles. The van der Waals surface area contributed by atoms with Crippen molar-refractivity contribution in [2.45, 2.75) is 11.8 Å². The summed E-state index contributed by atoms with van der Waals surface area (Å²) in [6.45, 7) is 1.66. The van der Waals surface area contributed by atoms with Crippen LogP contribution in [-0.2, 0) is 14.8 Å². The van der Waals surface area contributed by atoms with Gasteiger partial charge in [-0.1, -0.05) is 17.7 Å². The molecule has 0 radical (unpaired) electrons. The highest BCUT2D eigenvalue weighted by molar-refractivity contribution is 7.89. The molecule has 2 aromatic carbocycles. The van der Waals surface area contributed by atoms with Crippen molar-refractivity contribution in [3.05, 3.63) is 59.4 Å². The van der Waals surface area contributed by atoms with Gasteiger partial charge in [0.15, 0.2) is 24.1 Å². The van der Waals surface area contributed by atoms with Crippen LogP contribution in [0.5, 0.6) is 5.75 Å². The first kappa shape index (κ1) is 21.1. The van der Waals surface area contributed by atoms with E-state index in [-0.39, 0.29) is 38.7 Å². The first-order chi connectivity index (χ1) is 13.7. The van der Waals surface area contributed by atoms with Gasteiger partial charge in [-0.15, -0.1) is 0 Å². The Morgan fingerprint density at radius 3 is 2.21 bits per heavy atom. The molecular weight excluding hydrogens is 409 g/mol. The van der Waals surface area contributed by atoms with Gasteiger partial charge in [0.2, 0.25) is 10.0 Å². The van der Waals surface area contributed by atoms with E-state index in [2.05, 4.69) is 0 Å². The van der Waals surface area contributed by atoms with Crippen LogP contribution in [-0.4, -0.2) is 56.3 Å². The smallest absolute Gasteiger partial charge is 0.260 e. The van der Waals surface area contributed by atoms with Gasteiger partial charge in [0.25, 0.3) is 5.91 Å². The van der Waals surface area contributed by atoms with Gasteiger partial charge >= 0.3 is 0 Å². The fraction of sp³-hybridized carbons (Fsp3) is 0.316. The van der Waals surface area contributed by atoms with Crippen molar-refractivity contribution in [3.8, 4) is 5.75 Å². The van der Waals surface area contributed by atoms with Gasteiger partial charge in [-0.3, -0.25) is 4.79 Å². The summed E-state index contributed by atoms with van der Waals surface area (Å²) in [5.41, 5.74) is 1.05. The maximum atomic E-state index is 13.9. The highest BCUT2D eigenvalue weighted by Crippen LogP contribution is 2.24. The van der Waals surface area contributed by atoms with E-state index < -0.39 is 32.4 Å². The second-order valence-corrected chi connectivity index (χ2v) is 8.47. The van der Waals surface area contributed by atoms with Gasteiger partial charge < -0.3 is 9.64 Å². The minimum absolute atomic E-state index is 0.0701. The molecular formula is C19H19F3N2O4S. The molecule has 0 atom stereocenters. The monoisotopic (exact) mass is 428 g/mol. The number of halogens is 3. The van der Waals surface area contributed by atoms with Crippen LogP contribution in [0, 0.1) is 24.4 Å². The van der Waals surface area contributed by atoms with Crippen molar-refractivity contribution in [1.29, 1.82) is 0 Å². The SMILES string of the molecule is Cc1ccc(OCC(=O)N2CCN(S(=O)(=O)c3ccc(F)c(F)c3F)CC2)cc1. The van der Waals surface area contributed by atoms with Crippen molar-refractivity contribution in [1.82, 2.24) is 9.21 Å². The summed E-state index contributed by atoms with van der Waals surface area (Å²) in [7, 11) is -4.36. The lowest BCUT2D eigenvalue weighted by molar-refractivity contribution is -0.134. The van der Waals surface area contributed by atoms with E-state index in [1.165, 1.54) is 4.90 Å². The highest BCUT2D eigenvalue weighted by Gasteiger charge is 2.33. The topological polar surface area (TPSA) is 66.9 Å². The van der Waals surface area contributed by atoms with Crippen molar-refractivity contribution in [2.24, 2.45) is 0 Å². The van der Waals surface area contributed by atoms with Crippen LogP contribution in [0.1, 0.15) is 5.56 Å². The zero-order valence-electron chi connectivity index (χ0n) is 15.6. The Morgan fingerprint density at radius 2 is 1.59 bits per heavy atom. The number of amides is 1. The second-order valence-electron chi connectivity index (χ2n) is 6.56. The molecule has 1 saturated heterocycles. The first-order valence-corrected chi connectivity index (χ1v) is 10.2. The largest absolute Gasteiger partial charge is 0.484 e. The molecule has 1 aliphatic rings. The molecule has 29 heavy (non-hydrogen) atoms. The van der Waals surface area contributed by atoms with Gasteiger partial charge in [-0.05, 0) is 31.2 Å². The Balaban J connectivity index is 1.60. The van der Waals surface area contributed by atoms with E-state index >= 15 is 0 Å². The van der Waals surface area contributed by atoms with Crippen molar-refractivity contribution in [3.63, 3.8) is 0 Å². The van der Waals surface area contributed by atoms with E-state index in [0.717, 1.165) is 9.87 Å². The average Bonchev–Trinajstić information content (AvgIpc) is 2.71. The Kier molecular flexibility index (Phi) is 6.13. The van der Waals surface area contributed by atoms with Crippen LogP contribution in [0.3, 0.4) is 0 Å². The number of hydrogen-bond donors (Lipinski definition) is 0. The Labute approximate surface area is 166 Å². The summed E-state index contributed by atoms with van der Waals surface area (Å²) in [5, 5.41) is 0. The summed E-state index contributed by atoms with van der Waals surface area (Å²) >= 11 is 0. The summed E-state index contributed by atoms with van der Waals surface area (Å²) in [6.07, 6.45) is 0. The molecule has 0 saturated carbocycles. The lowest BCUT2D eigenvalue weighted by atomic mass is 10.2. The number of nitrogens with zero attached hydrogens (tertiary/aromatic N) is 2. The lowest BCUT2D eigenvalue weighted by Crippen LogP contribution is -2.51. The first-order valence-electron chi connectivity index (χ1n) is 8.81. The van der Waals surface area contributed by atoms with E-state index in [0.29, 0.717) is 17.9 Å². The third-order valence-corrected chi connectivity index (χ3v) is 6.51. The molecule has 1 fully saturated rings. The molecule has 2 aromatic rings. The molecule has 6 nitrogen and oxygen atoms in total. The molecule has 1 amide bonds. The molecule has 1 heterocycles. The number of ether oxygens (including phenoxy) is 1. The van der Waals surface area contributed by atoms with E-state index in [9.17, 15) is 26.4 Å². The van der Waals surface area contributed by atoms with E-state index in [1.54, 1.807) is 12.1 Å². The number of hydrogen-bond acceptors (Lipinski definition) is 4. The maximum Gasteiger partial charge on any atom is 0.260 e. The maximum absolute atomic E-state index is 13.9. The second kappa shape index (κ2) is 8.42. The number of rotatable bonds is 5. The van der Waals surface area contributed by atoms with Crippen LogP contribution in [0.25, 0.3) is 0 Å². The number of carbonyl (C=O) groups excluding carboxylic acids is 1. The van der Waals surface area contributed by atoms with Crippen LogP contribution >= 0.6 is 0 Å². The molecule has 1 aliphatic heterocycles. The molecule has 0 bridgehead atoms. The molecule has 0 N–H and O–H groups in total. The molecule has 10 heteroatoms. The van der Waals surface area contributed by atoms with Crippen molar-refractivity contribution < 1.29 is 31.1 Å². The van der Waals surface area contributed by atoms with Crippen LogP contribution in [0.2, 0.25) is 0 Å². The highest BCUT2D eigenvalue weighted by atomic mass is 32.2. The fourth-order valence-corrected chi connectivity index (χ4v) is 4.37. The predicted molar refractivity (Wildman–Crippen MR) is 98.3 cm³/mol. The summed E-state index contributed by atoms with van der Waals surface area (Å²) < 4.78 is 71.8. The van der Waals surface area contributed by atoms with Gasteiger partial charge in [-0.25, -0.2) is 21.6 Å². The van der Waals surface area contributed by atoms with E-state index in [4.69, 9.17) is 4.74 Å². The average molecular weight is 428 g/mol. The van der Waals surface area contributed by atoms with Gasteiger partial charge in [-0.2, -0.15) is 4.31 Å². The lowest BCUT2D eigenvalue weighted by Gasteiger charge is -2.34. The predicted octanol–water partition coefficient (Wildman–Crippen LogP) is 2.32. The molecule has 156 valence electrons. The summed E-state index contributed by atoms with van der Waals surface area (Å²) in [6, 6.07) is 8.43. The fourth-order valence-electron chi connectivity index (χ4n) is 2.90.